The van der Waals surface area contributed by atoms with E-state index in [1.807, 2.05) is 16.7 Å². The van der Waals surface area contributed by atoms with E-state index in [-0.39, 0.29) is 35.6 Å². The Kier molecular flexibility index (Phi) is 8.43. The van der Waals surface area contributed by atoms with Crippen LogP contribution in [0.3, 0.4) is 0 Å². The fourth-order valence-electron chi connectivity index (χ4n) is 3.14. The quantitative estimate of drug-likeness (QED) is 0.272. The lowest BCUT2D eigenvalue weighted by Crippen LogP contribution is -2.57. The summed E-state index contributed by atoms with van der Waals surface area (Å²) in [7, 11) is -3.05. The van der Waals surface area contributed by atoms with Crippen LogP contribution in [0, 0.1) is 0 Å². The number of carbonyl (C=O) groups is 1. The second kappa shape index (κ2) is 9.38. The first-order chi connectivity index (χ1) is 11.3. The number of nitrogens with zero attached hydrogens (tertiary/aromatic N) is 3. The summed E-state index contributed by atoms with van der Waals surface area (Å²) in [4.78, 5) is 20.2. The molecule has 9 heteroatoms. The van der Waals surface area contributed by atoms with Gasteiger partial charge in [0.05, 0.1) is 10.5 Å². The van der Waals surface area contributed by atoms with Crippen molar-refractivity contribution >= 4 is 45.7 Å². The first-order valence-corrected chi connectivity index (χ1v) is 10.5. The molecule has 1 N–H and O–H groups in total. The molecule has 2 aliphatic rings. The fourth-order valence-corrected chi connectivity index (χ4v) is 4.50. The maximum absolute atomic E-state index is 12.1. The Morgan fingerprint density at radius 3 is 2.60 bits per heavy atom. The molecule has 0 saturated carbocycles. The Morgan fingerprint density at radius 1 is 1.32 bits per heavy atom. The highest BCUT2D eigenvalue weighted by Crippen LogP contribution is 2.23. The van der Waals surface area contributed by atoms with E-state index in [1.54, 1.807) is 13.8 Å². The number of guanidine groups is 1. The van der Waals surface area contributed by atoms with Crippen LogP contribution in [0.5, 0.6) is 0 Å². The summed E-state index contributed by atoms with van der Waals surface area (Å²) in [5.74, 6) is 1.18. The summed E-state index contributed by atoms with van der Waals surface area (Å²) in [6.07, 6.45) is 2.46. The van der Waals surface area contributed by atoms with Crippen LogP contribution in [0.15, 0.2) is 4.99 Å². The predicted molar refractivity (Wildman–Crippen MR) is 111 cm³/mol. The third-order valence-corrected chi connectivity index (χ3v) is 7.23. The van der Waals surface area contributed by atoms with E-state index in [9.17, 15) is 13.2 Å². The molecule has 25 heavy (non-hydrogen) atoms. The average molecular weight is 486 g/mol. The largest absolute Gasteiger partial charge is 0.357 e. The number of likely N-dealkylation sites (tertiary alicyclic amines) is 1. The zero-order valence-electron chi connectivity index (χ0n) is 15.5. The molecule has 2 heterocycles. The van der Waals surface area contributed by atoms with Crippen LogP contribution in [0.2, 0.25) is 0 Å². The summed E-state index contributed by atoms with van der Waals surface area (Å²) in [5, 5.41) is 3.26. The van der Waals surface area contributed by atoms with Gasteiger partial charge in [0.1, 0.15) is 0 Å². The van der Waals surface area contributed by atoms with Crippen molar-refractivity contribution in [3.8, 4) is 0 Å². The van der Waals surface area contributed by atoms with Crippen molar-refractivity contribution in [2.75, 3.05) is 45.0 Å². The minimum Gasteiger partial charge on any atom is -0.357 e. The van der Waals surface area contributed by atoms with Crippen LogP contribution in [0.1, 0.15) is 40.0 Å². The van der Waals surface area contributed by atoms with E-state index in [1.165, 1.54) is 0 Å². The molecule has 2 fully saturated rings. The molecule has 0 spiro atoms. The van der Waals surface area contributed by atoms with Crippen LogP contribution in [-0.4, -0.2) is 79.9 Å². The Morgan fingerprint density at radius 2 is 2.04 bits per heavy atom. The van der Waals surface area contributed by atoms with Gasteiger partial charge in [0.2, 0.25) is 5.91 Å². The lowest BCUT2D eigenvalue weighted by atomic mass is 10.2. The van der Waals surface area contributed by atoms with Crippen LogP contribution in [0.4, 0.5) is 0 Å². The first kappa shape index (κ1) is 22.5. The molecule has 0 aromatic carbocycles. The maximum atomic E-state index is 12.1. The van der Waals surface area contributed by atoms with Crippen molar-refractivity contribution in [3.63, 3.8) is 0 Å². The van der Waals surface area contributed by atoms with Gasteiger partial charge in [-0.3, -0.25) is 9.79 Å². The average Bonchev–Trinajstić information content (AvgIpc) is 2.91. The Labute approximate surface area is 168 Å². The number of sulfone groups is 1. The van der Waals surface area contributed by atoms with Crippen molar-refractivity contribution in [1.82, 2.24) is 15.1 Å². The molecular formula is C16H31IN4O3S. The van der Waals surface area contributed by atoms with E-state index in [4.69, 9.17) is 0 Å². The zero-order valence-corrected chi connectivity index (χ0v) is 18.6. The van der Waals surface area contributed by atoms with Gasteiger partial charge in [-0.15, -0.1) is 24.0 Å². The number of amides is 1. The molecule has 0 aliphatic carbocycles. The van der Waals surface area contributed by atoms with E-state index >= 15 is 0 Å². The van der Waals surface area contributed by atoms with Gasteiger partial charge in [-0.25, -0.2) is 8.42 Å². The monoisotopic (exact) mass is 486 g/mol. The van der Waals surface area contributed by atoms with Crippen LogP contribution in [-0.2, 0) is 14.6 Å². The van der Waals surface area contributed by atoms with Gasteiger partial charge in [0.25, 0.3) is 0 Å². The molecule has 0 bridgehead atoms. The molecule has 0 aromatic rings. The highest BCUT2D eigenvalue weighted by Gasteiger charge is 2.40. The molecule has 146 valence electrons. The van der Waals surface area contributed by atoms with Gasteiger partial charge in [-0.05, 0) is 33.6 Å². The highest BCUT2D eigenvalue weighted by atomic mass is 127. The molecule has 1 amide bonds. The van der Waals surface area contributed by atoms with Gasteiger partial charge < -0.3 is 15.1 Å². The van der Waals surface area contributed by atoms with Gasteiger partial charge in [-0.2, -0.15) is 0 Å². The molecule has 0 unspecified atom stereocenters. The van der Waals surface area contributed by atoms with Gasteiger partial charge in [0, 0.05) is 45.7 Å². The second-order valence-electron chi connectivity index (χ2n) is 7.07. The van der Waals surface area contributed by atoms with Crippen molar-refractivity contribution < 1.29 is 13.2 Å². The minimum atomic E-state index is -3.05. The summed E-state index contributed by atoms with van der Waals surface area (Å²) in [5.41, 5.74) is 0. The van der Waals surface area contributed by atoms with Gasteiger partial charge in [-0.1, -0.05) is 0 Å². The number of carbonyl (C=O) groups excluding carboxylic acids is 1. The zero-order chi connectivity index (χ0) is 17.8. The Bertz CT molecular complexity index is 592. The number of hydrogen-bond acceptors (Lipinski definition) is 4. The minimum absolute atomic E-state index is 0. The molecule has 0 radical (unpaired) electrons. The van der Waals surface area contributed by atoms with E-state index < -0.39 is 14.6 Å². The van der Waals surface area contributed by atoms with Crippen molar-refractivity contribution in [2.45, 2.75) is 44.8 Å². The van der Waals surface area contributed by atoms with E-state index in [0.717, 1.165) is 38.4 Å². The maximum Gasteiger partial charge on any atom is 0.222 e. The van der Waals surface area contributed by atoms with Gasteiger partial charge >= 0.3 is 0 Å². The number of rotatable bonds is 5. The summed E-state index contributed by atoms with van der Waals surface area (Å²) in [6, 6.07) is 0. The topological polar surface area (TPSA) is 82.1 Å². The third-order valence-electron chi connectivity index (χ3n) is 4.70. The molecule has 0 aromatic heterocycles. The number of halogens is 1. The van der Waals surface area contributed by atoms with E-state index in [2.05, 4.69) is 10.3 Å². The van der Waals surface area contributed by atoms with Crippen LogP contribution in [0.25, 0.3) is 0 Å². The van der Waals surface area contributed by atoms with Crippen molar-refractivity contribution in [1.29, 1.82) is 0 Å². The predicted octanol–water partition coefficient (Wildman–Crippen LogP) is 1.09. The second-order valence-corrected chi connectivity index (χ2v) is 9.82. The molecular weight excluding hydrogens is 455 g/mol. The Hall–Kier alpha value is -0.580. The number of nitrogens with one attached hydrogen (secondary N) is 1. The number of hydrogen-bond donors (Lipinski definition) is 1. The first-order valence-electron chi connectivity index (χ1n) is 8.80. The lowest BCUT2D eigenvalue weighted by Gasteiger charge is -2.39. The molecule has 0 atom stereocenters. The highest BCUT2D eigenvalue weighted by molar-refractivity contribution is 14.0. The third kappa shape index (κ3) is 5.70. The molecule has 2 rings (SSSR count). The summed E-state index contributed by atoms with van der Waals surface area (Å²) in [6.45, 7) is 9.47. The van der Waals surface area contributed by atoms with Crippen LogP contribution >= 0.6 is 24.0 Å². The SMILES string of the molecule is CCNC(=NCCCN1CCCC1=O)N1CCS(=O)(=O)C(C)(C)C1.I. The molecule has 2 aliphatic heterocycles. The van der Waals surface area contributed by atoms with Gasteiger partial charge in [0.15, 0.2) is 15.8 Å². The normalized spacial score (nSPS) is 22.7. The molecule has 7 nitrogen and oxygen atoms in total. The Balaban J connectivity index is 0.00000312. The van der Waals surface area contributed by atoms with Crippen LogP contribution < -0.4 is 5.32 Å². The van der Waals surface area contributed by atoms with Crippen molar-refractivity contribution in [2.24, 2.45) is 4.99 Å². The van der Waals surface area contributed by atoms with E-state index in [0.29, 0.717) is 26.1 Å². The standard InChI is InChI=1S/C16H30N4O3S.HI/c1-4-17-15(18-8-6-10-19-9-5-7-14(19)21)20-11-12-24(22,23)16(2,3)13-20;/h4-13H2,1-3H3,(H,17,18);1H. The lowest BCUT2D eigenvalue weighted by molar-refractivity contribution is -0.127. The van der Waals surface area contributed by atoms with Crippen molar-refractivity contribution in [3.05, 3.63) is 0 Å². The molecule has 2 saturated heterocycles. The smallest absolute Gasteiger partial charge is 0.222 e. The summed E-state index contributed by atoms with van der Waals surface area (Å²) >= 11 is 0. The fraction of sp³-hybridized carbons (Fsp3) is 0.875. The summed E-state index contributed by atoms with van der Waals surface area (Å²) < 4.78 is 23.5. The number of aliphatic imine (C=N–C) groups is 1.